The highest BCUT2D eigenvalue weighted by Crippen LogP contribution is 2.21. The number of hydrogen-bond acceptors (Lipinski definition) is 1. The monoisotopic (exact) mass is 154 g/mol. The highest BCUT2D eigenvalue weighted by molar-refractivity contribution is 5.51. The summed E-state index contributed by atoms with van der Waals surface area (Å²) in [4.78, 5) is 10.2. The maximum atomic E-state index is 10.2. The molecule has 0 amide bonds. The molecule has 0 unspecified atom stereocenters. The van der Waals surface area contributed by atoms with Gasteiger partial charge in [-0.2, -0.15) is 0 Å². The predicted octanol–water partition coefficient (Wildman–Crippen LogP) is 2.81. The van der Waals surface area contributed by atoms with Crippen LogP contribution in [0.25, 0.3) is 0 Å². The average molecular weight is 154 g/mol. The van der Waals surface area contributed by atoms with E-state index < -0.39 is 0 Å². The van der Waals surface area contributed by atoms with Gasteiger partial charge < -0.3 is 4.79 Å². The van der Waals surface area contributed by atoms with Gasteiger partial charge in [-0.3, -0.25) is 0 Å². The number of carbonyl (C=O) groups is 1. The zero-order valence-corrected chi connectivity index (χ0v) is 7.92. The summed E-state index contributed by atoms with van der Waals surface area (Å²) in [5.41, 5.74) is 0.0337. The lowest BCUT2D eigenvalue weighted by atomic mass is 9.89. The first-order valence-corrected chi connectivity index (χ1v) is 4.11. The molecule has 0 radical (unpaired) electrons. The van der Waals surface area contributed by atoms with E-state index in [4.69, 9.17) is 0 Å². The van der Waals surface area contributed by atoms with E-state index in [1.165, 1.54) is 0 Å². The van der Waals surface area contributed by atoms with Crippen molar-refractivity contribution in [3.8, 4) is 0 Å². The summed E-state index contributed by atoms with van der Waals surface area (Å²) in [6.07, 6.45) is 5.84. The Labute approximate surface area is 69.5 Å². The van der Waals surface area contributed by atoms with Crippen LogP contribution in [0.4, 0.5) is 0 Å². The Morgan fingerprint density at radius 3 is 2.27 bits per heavy atom. The van der Waals surface area contributed by atoms with Crippen LogP contribution in [0.15, 0.2) is 12.2 Å². The van der Waals surface area contributed by atoms with Gasteiger partial charge in [-0.1, -0.05) is 39.8 Å². The lowest BCUT2D eigenvalue weighted by molar-refractivity contribution is -0.109. The molecule has 0 aromatic carbocycles. The van der Waals surface area contributed by atoms with Crippen molar-refractivity contribution in [2.75, 3.05) is 0 Å². The van der Waals surface area contributed by atoms with Gasteiger partial charge in [0.1, 0.15) is 6.29 Å². The molecule has 0 spiro atoms. The van der Waals surface area contributed by atoms with Gasteiger partial charge in [0.05, 0.1) is 0 Å². The zero-order valence-electron chi connectivity index (χ0n) is 7.92. The minimum absolute atomic E-state index is 0.0337. The molecular formula is C10H18O. The number of hydrogen-bond donors (Lipinski definition) is 0. The van der Waals surface area contributed by atoms with Crippen LogP contribution >= 0.6 is 0 Å². The van der Waals surface area contributed by atoms with Crippen LogP contribution in [0, 0.1) is 11.3 Å². The van der Waals surface area contributed by atoms with Crippen molar-refractivity contribution in [1.82, 2.24) is 0 Å². The van der Waals surface area contributed by atoms with Crippen molar-refractivity contribution in [2.24, 2.45) is 11.3 Å². The summed E-state index contributed by atoms with van der Waals surface area (Å²) in [7, 11) is 0. The summed E-state index contributed by atoms with van der Waals surface area (Å²) >= 11 is 0. The van der Waals surface area contributed by atoms with Crippen LogP contribution in [-0.4, -0.2) is 6.29 Å². The molecule has 0 N–H and O–H groups in total. The second-order valence-corrected chi connectivity index (χ2v) is 3.96. The Morgan fingerprint density at radius 1 is 1.36 bits per heavy atom. The largest absolute Gasteiger partial charge is 0.303 e. The lowest BCUT2D eigenvalue weighted by Gasteiger charge is -2.16. The molecule has 0 saturated carbocycles. The summed E-state index contributed by atoms with van der Waals surface area (Å²) in [5, 5.41) is 0. The molecule has 0 saturated heterocycles. The van der Waals surface area contributed by atoms with Crippen molar-refractivity contribution in [3.05, 3.63) is 12.2 Å². The topological polar surface area (TPSA) is 17.1 Å². The maximum absolute atomic E-state index is 10.2. The molecule has 0 bridgehead atoms. The van der Waals surface area contributed by atoms with E-state index >= 15 is 0 Å². The van der Waals surface area contributed by atoms with Gasteiger partial charge in [-0.15, -0.1) is 0 Å². The van der Waals surface area contributed by atoms with Crippen LogP contribution in [0.3, 0.4) is 0 Å². The van der Waals surface area contributed by atoms with Crippen molar-refractivity contribution in [3.63, 3.8) is 0 Å². The summed E-state index contributed by atoms with van der Waals surface area (Å²) in [5.74, 6) is 0.570. The van der Waals surface area contributed by atoms with Crippen molar-refractivity contribution >= 4 is 6.29 Å². The quantitative estimate of drug-likeness (QED) is 0.449. The van der Waals surface area contributed by atoms with Crippen LogP contribution < -0.4 is 0 Å². The van der Waals surface area contributed by atoms with Crippen molar-refractivity contribution in [1.29, 1.82) is 0 Å². The molecule has 11 heavy (non-hydrogen) atoms. The van der Waals surface area contributed by atoms with E-state index in [0.717, 1.165) is 6.29 Å². The molecule has 0 aliphatic rings. The minimum atomic E-state index is 0.0337. The molecule has 1 heteroatoms. The van der Waals surface area contributed by atoms with E-state index in [2.05, 4.69) is 39.8 Å². The molecule has 0 fully saturated rings. The SMILES string of the molecule is CC(C)/C=C/C(C)(C)CC=O. The molecule has 1 nitrogen and oxygen atoms in total. The highest BCUT2D eigenvalue weighted by atomic mass is 16.1. The lowest BCUT2D eigenvalue weighted by Crippen LogP contribution is -2.07. The number of aldehydes is 1. The van der Waals surface area contributed by atoms with Gasteiger partial charge in [0.15, 0.2) is 0 Å². The first-order valence-electron chi connectivity index (χ1n) is 4.11. The van der Waals surface area contributed by atoms with Gasteiger partial charge in [-0.05, 0) is 11.3 Å². The van der Waals surface area contributed by atoms with Crippen LogP contribution in [0.2, 0.25) is 0 Å². The fraction of sp³-hybridized carbons (Fsp3) is 0.700. The highest BCUT2D eigenvalue weighted by Gasteiger charge is 2.11. The van der Waals surface area contributed by atoms with E-state index in [1.54, 1.807) is 0 Å². The molecule has 0 heterocycles. The van der Waals surface area contributed by atoms with Gasteiger partial charge in [-0.25, -0.2) is 0 Å². The number of allylic oxidation sites excluding steroid dienone is 2. The molecule has 0 rings (SSSR count). The molecule has 0 atom stereocenters. The molecule has 0 aliphatic heterocycles. The smallest absolute Gasteiger partial charge is 0.120 e. The third-order valence-corrected chi connectivity index (χ3v) is 1.54. The first kappa shape index (κ1) is 10.4. The standard InChI is InChI=1S/C10H18O/c1-9(2)5-6-10(3,4)7-8-11/h5-6,8-9H,7H2,1-4H3/b6-5+. The third-order valence-electron chi connectivity index (χ3n) is 1.54. The fourth-order valence-corrected chi connectivity index (χ4v) is 0.736. The third kappa shape index (κ3) is 5.84. The molecular weight excluding hydrogens is 136 g/mol. The van der Waals surface area contributed by atoms with E-state index in [0.29, 0.717) is 12.3 Å². The Bertz CT molecular complexity index is 143. The minimum Gasteiger partial charge on any atom is -0.303 e. The molecule has 0 aromatic heterocycles. The molecule has 0 aliphatic carbocycles. The summed E-state index contributed by atoms with van der Waals surface area (Å²) in [6, 6.07) is 0. The maximum Gasteiger partial charge on any atom is 0.120 e. The zero-order chi connectivity index (χ0) is 8.91. The second kappa shape index (κ2) is 4.32. The Balaban J connectivity index is 3.99. The number of carbonyl (C=O) groups excluding carboxylic acids is 1. The number of rotatable bonds is 4. The van der Waals surface area contributed by atoms with Gasteiger partial charge in [0.2, 0.25) is 0 Å². The Kier molecular flexibility index (Phi) is 4.09. The van der Waals surface area contributed by atoms with Crippen LogP contribution in [-0.2, 0) is 4.79 Å². The normalized spacial score (nSPS) is 12.8. The molecule has 0 aromatic rings. The van der Waals surface area contributed by atoms with Crippen molar-refractivity contribution < 1.29 is 4.79 Å². The summed E-state index contributed by atoms with van der Waals surface area (Å²) < 4.78 is 0. The van der Waals surface area contributed by atoms with Gasteiger partial charge >= 0.3 is 0 Å². The van der Waals surface area contributed by atoms with Crippen LogP contribution in [0.5, 0.6) is 0 Å². The van der Waals surface area contributed by atoms with E-state index in [-0.39, 0.29) is 5.41 Å². The van der Waals surface area contributed by atoms with Gasteiger partial charge in [0, 0.05) is 6.42 Å². The Hall–Kier alpha value is -0.590. The van der Waals surface area contributed by atoms with Crippen molar-refractivity contribution in [2.45, 2.75) is 34.1 Å². The second-order valence-electron chi connectivity index (χ2n) is 3.96. The van der Waals surface area contributed by atoms with E-state index in [9.17, 15) is 4.79 Å². The fourth-order valence-electron chi connectivity index (χ4n) is 0.736. The van der Waals surface area contributed by atoms with Gasteiger partial charge in [0.25, 0.3) is 0 Å². The van der Waals surface area contributed by atoms with E-state index in [1.807, 2.05) is 0 Å². The van der Waals surface area contributed by atoms with Crippen LogP contribution in [0.1, 0.15) is 34.1 Å². The predicted molar refractivity (Wildman–Crippen MR) is 48.4 cm³/mol. The Morgan fingerprint density at radius 2 is 1.91 bits per heavy atom. The molecule has 64 valence electrons. The summed E-state index contributed by atoms with van der Waals surface area (Å²) in [6.45, 7) is 8.40. The first-order chi connectivity index (χ1) is 4.98. The average Bonchev–Trinajstić information content (AvgIpc) is 1.84.